The van der Waals surface area contributed by atoms with Crippen molar-refractivity contribution >= 4 is 23.2 Å². The fraction of sp³-hybridized carbons (Fsp3) is 0.0952. The van der Waals surface area contributed by atoms with Gasteiger partial charge in [-0.25, -0.2) is 4.39 Å². The molecule has 0 spiro atoms. The van der Waals surface area contributed by atoms with Crippen LogP contribution in [0.5, 0.6) is 5.75 Å². The van der Waals surface area contributed by atoms with Crippen molar-refractivity contribution < 1.29 is 13.9 Å². The van der Waals surface area contributed by atoms with E-state index in [1.807, 2.05) is 54.6 Å². The fourth-order valence-electron chi connectivity index (χ4n) is 2.50. The lowest BCUT2D eigenvalue weighted by molar-refractivity contribution is -0.122. The van der Waals surface area contributed by atoms with Crippen molar-refractivity contribution in [3.63, 3.8) is 0 Å². The molecule has 0 unspecified atom stereocenters. The maximum atomic E-state index is 13.2. The SMILES string of the molecule is C[C@@H](Oc1ccc(F)c(Cl)c1)C(=O)Nc1ccccc1-c1ccccc1. The largest absolute Gasteiger partial charge is 0.481 e. The van der Waals surface area contributed by atoms with Gasteiger partial charge in [0, 0.05) is 17.3 Å². The number of carbonyl (C=O) groups excluding carboxylic acids is 1. The molecule has 0 aliphatic rings. The summed E-state index contributed by atoms with van der Waals surface area (Å²) in [4.78, 5) is 12.5. The number of nitrogens with one attached hydrogen (secondary N) is 1. The number of amides is 1. The molecule has 5 heteroatoms. The van der Waals surface area contributed by atoms with E-state index in [9.17, 15) is 9.18 Å². The van der Waals surface area contributed by atoms with Crippen LogP contribution in [0.3, 0.4) is 0 Å². The number of halogens is 2. The minimum absolute atomic E-state index is 0.0514. The summed E-state index contributed by atoms with van der Waals surface area (Å²) in [5, 5.41) is 2.83. The Kier molecular flexibility index (Phi) is 5.54. The van der Waals surface area contributed by atoms with Gasteiger partial charge in [0.2, 0.25) is 0 Å². The van der Waals surface area contributed by atoms with Gasteiger partial charge in [0.05, 0.1) is 5.02 Å². The van der Waals surface area contributed by atoms with E-state index in [1.54, 1.807) is 6.92 Å². The fourth-order valence-corrected chi connectivity index (χ4v) is 2.67. The number of benzene rings is 3. The Bertz CT molecular complexity index is 915. The lowest BCUT2D eigenvalue weighted by Gasteiger charge is -2.17. The van der Waals surface area contributed by atoms with E-state index >= 15 is 0 Å². The van der Waals surface area contributed by atoms with Gasteiger partial charge in [0.25, 0.3) is 5.91 Å². The zero-order valence-electron chi connectivity index (χ0n) is 14.1. The lowest BCUT2D eigenvalue weighted by atomic mass is 10.0. The van der Waals surface area contributed by atoms with E-state index in [1.165, 1.54) is 18.2 Å². The van der Waals surface area contributed by atoms with Crippen molar-refractivity contribution in [1.29, 1.82) is 0 Å². The Morgan fingerprint density at radius 2 is 1.73 bits per heavy atom. The highest BCUT2D eigenvalue weighted by molar-refractivity contribution is 6.30. The van der Waals surface area contributed by atoms with Gasteiger partial charge in [0.15, 0.2) is 6.10 Å². The predicted molar refractivity (Wildman–Crippen MR) is 102 cm³/mol. The molecule has 0 aliphatic heterocycles. The Labute approximate surface area is 156 Å². The summed E-state index contributed by atoms with van der Waals surface area (Å²) in [5.74, 6) is -0.517. The van der Waals surface area contributed by atoms with E-state index < -0.39 is 11.9 Å². The Hall–Kier alpha value is -2.85. The zero-order chi connectivity index (χ0) is 18.5. The summed E-state index contributed by atoms with van der Waals surface area (Å²) < 4.78 is 18.8. The molecule has 1 amide bonds. The quantitative estimate of drug-likeness (QED) is 0.640. The standard InChI is InChI=1S/C21H17ClFNO2/c1-14(26-16-11-12-19(23)18(22)13-16)21(25)24-20-10-6-5-9-17(20)15-7-3-2-4-8-15/h2-14H,1H3,(H,24,25)/t14-/m1/s1. The topological polar surface area (TPSA) is 38.3 Å². The van der Waals surface area contributed by atoms with Crippen molar-refractivity contribution in [2.45, 2.75) is 13.0 Å². The smallest absolute Gasteiger partial charge is 0.265 e. The second-order valence-electron chi connectivity index (χ2n) is 5.74. The van der Waals surface area contributed by atoms with Crippen LogP contribution in [0.1, 0.15) is 6.92 Å². The van der Waals surface area contributed by atoms with Crippen LogP contribution < -0.4 is 10.1 Å². The molecular weight excluding hydrogens is 353 g/mol. The maximum Gasteiger partial charge on any atom is 0.265 e. The molecule has 3 aromatic rings. The van der Waals surface area contributed by atoms with Gasteiger partial charge in [-0.2, -0.15) is 0 Å². The first-order valence-electron chi connectivity index (χ1n) is 8.11. The van der Waals surface area contributed by atoms with E-state index in [-0.39, 0.29) is 10.9 Å². The molecule has 0 saturated carbocycles. The summed E-state index contributed by atoms with van der Waals surface area (Å²) in [5.41, 5.74) is 2.61. The van der Waals surface area contributed by atoms with Crippen LogP contribution in [0, 0.1) is 5.82 Å². The third kappa shape index (κ3) is 4.21. The first kappa shape index (κ1) is 18.0. The normalized spacial score (nSPS) is 11.7. The second-order valence-corrected chi connectivity index (χ2v) is 6.14. The van der Waals surface area contributed by atoms with Crippen LogP contribution in [-0.4, -0.2) is 12.0 Å². The Morgan fingerprint density at radius 1 is 1.04 bits per heavy atom. The molecule has 0 fully saturated rings. The van der Waals surface area contributed by atoms with Crippen LogP contribution >= 0.6 is 11.6 Å². The van der Waals surface area contributed by atoms with Crippen molar-refractivity contribution in [2.24, 2.45) is 0 Å². The van der Waals surface area contributed by atoms with Gasteiger partial charge in [-0.05, 0) is 30.7 Å². The average molecular weight is 370 g/mol. The van der Waals surface area contributed by atoms with E-state index in [0.29, 0.717) is 11.4 Å². The molecule has 0 bridgehead atoms. The average Bonchev–Trinajstić information content (AvgIpc) is 2.66. The molecule has 0 aliphatic carbocycles. The van der Waals surface area contributed by atoms with Gasteiger partial charge >= 0.3 is 0 Å². The molecule has 0 aromatic heterocycles. The van der Waals surface area contributed by atoms with Crippen LogP contribution in [0.4, 0.5) is 10.1 Å². The Balaban J connectivity index is 1.74. The van der Waals surface area contributed by atoms with Crippen LogP contribution in [0.25, 0.3) is 11.1 Å². The van der Waals surface area contributed by atoms with E-state index in [4.69, 9.17) is 16.3 Å². The molecule has 1 N–H and O–H groups in total. The first-order valence-corrected chi connectivity index (χ1v) is 8.49. The van der Waals surface area contributed by atoms with Gasteiger partial charge in [-0.3, -0.25) is 4.79 Å². The molecule has 1 atom stereocenters. The molecule has 3 nitrogen and oxygen atoms in total. The Morgan fingerprint density at radius 3 is 2.46 bits per heavy atom. The molecular formula is C21H17ClFNO2. The summed E-state index contributed by atoms with van der Waals surface area (Å²) in [6, 6.07) is 21.3. The van der Waals surface area contributed by atoms with Gasteiger partial charge < -0.3 is 10.1 Å². The zero-order valence-corrected chi connectivity index (χ0v) is 14.8. The molecule has 26 heavy (non-hydrogen) atoms. The number of anilines is 1. The molecule has 132 valence electrons. The predicted octanol–water partition coefficient (Wildman–Crippen LogP) is 5.55. The van der Waals surface area contributed by atoms with Crippen LogP contribution in [0.2, 0.25) is 5.02 Å². The minimum atomic E-state index is -0.777. The monoisotopic (exact) mass is 369 g/mol. The molecule has 3 rings (SSSR count). The second kappa shape index (κ2) is 8.02. The van der Waals surface area contributed by atoms with Gasteiger partial charge in [-0.1, -0.05) is 60.1 Å². The lowest BCUT2D eigenvalue weighted by Crippen LogP contribution is -2.30. The van der Waals surface area contributed by atoms with E-state index in [2.05, 4.69) is 5.32 Å². The van der Waals surface area contributed by atoms with E-state index in [0.717, 1.165) is 11.1 Å². The summed E-state index contributed by atoms with van der Waals surface area (Å²) >= 11 is 5.74. The van der Waals surface area contributed by atoms with Crippen molar-refractivity contribution in [3.8, 4) is 16.9 Å². The summed E-state index contributed by atoms with van der Waals surface area (Å²) in [7, 11) is 0. The number of hydrogen-bond acceptors (Lipinski definition) is 2. The highest BCUT2D eigenvalue weighted by Gasteiger charge is 2.17. The van der Waals surface area contributed by atoms with Crippen molar-refractivity contribution in [1.82, 2.24) is 0 Å². The van der Waals surface area contributed by atoms with Gasteiger partial charge in [-0.15, -0.1) is 0 Å². The third-order valence-electron chi connectivity index (χ3n) is 3.84. The van der Waals surface area contributed by atoms with Crippen LogP contribution in [-0.2, 0) is 4.79 Å². The number of para-hydroxylation sites is 1. The van der Waals surface area contributed by atoms with Gasteiger partial charge in [0.1, 0.15) is 11.6 Å². The van der Waals surface area contributed by atoms with Crippen LogP contribution in [0.15, 0.2) is 72.8 Å². The van der Waals surface area contributed by atoms with Crippen molar-refractivity contribution in [3.05, 3.63) is 83.6 Å². The molecule has 0 heterocycles. The van der Waals surface area contributed by atoms with Crippen molar-refractivity contribution in [2.75, 3.05) is 5.32 Å². The summed E-state index contributed by atoms with van der Waals surface area (Å²) in [6.45, 7) is 1.62. The molecule has 3 aromatic carbocycles. The first-order chi connectivity index (χ1) is 12.5. The number of rotatable bonds is 5. The number of ether oxygens (including phenoxy) is 1. The highest BCUT2D eigenvalue weighted by atomic mass is 35.5. The summed E-state index contributed by atoms with van der Waals surface area (Å²) in [6.07, 6.45) is -0.777. The maximum absolute atomic E-state index is 13.2. The molecule has 0 radical (unpaired) electrons. The number of carbonyl (C=O) groups is 1. The highest BCUT2D eigenvalue weighted by Crippen LogP contribution is 2.28. The third-order valence-corrected chi connectivity index (χ3v) is 4.13. The minimum Gasteiger partial charge on any atom is -0.481 e. The molecule has 0 saturated heterocycles. The number of hydrogen-bond donors (Lipinski definition) is 1.